The molecule has 0 aromatic carbocycles. The first-order valence-electron chi connectivity index (χ1n) is 10.2. The second-order valence-corrected chi connectivity index (χ2v) is 8.99. The van der Waals surface area contributed by atoms with Crippen molar-refractivity contribution < 1.29 is 9.53 Å². The van der Waals surface area contributed by atoms with Gasteiger partial charge in [0.15, 0.2) is 0 Å². The number of thiophene rings is 1. The van der Waals surface area contributed by atoms with Crippen LogP contribution >= 0.6 is 11.3 Å². The highest BCUT2D eigenvalue weighted by Crippen LogP contribution is 2.15. The van der Waals surface area contributed by atoms with Gasteiger partial charge in [-0.1, -0.05) is 19.9 Å². The number of carbonyl (C=O) groups excluding carboxylic acids is 1. The second-order valence-electron chi connectivity index (χ2n) is 7.96. The van der Waals surface area contributed by atoms with Crippen molar-refractivity contribution in [3.63, 3.8) is 0 Å². The Bertz CT molecular complexity index is 552. The third kappa shape index (κ3) is 6.45. The van der Waals surface area contributed by atoms with Crippen molar-refractivity contribution >= 4 is 17.4 Å². The molecule has 1 atom stereocenters. The van der Waals surface area contributed by atoms with Crippen LogP contribution in [0, 0.1) is 5.92 Å². The van der Waals surface area contributed by atoms with Crippen LogP contribution in [0.15, 0.2) is 17.5 Å². The molecular formula is C20H34N4O2S. The molecule has 1 unspecified atom stereocenters. The van der Waals surface area contributed by atoms with Gasteiger partial charge in [0.05, 0.1) is 13.2 Å². The van der Waals surface area contributed by atoms with Gasteiger partial charge in [-0.15, -0.1) is 11.3 Å². The summed E-state index contributed by atoms with van der Waals surface area (Å²) < 4.78 is 5.48. The summed E-state index contributed by atoms with van der Waals surface area (Å²) in [6.07, 6.45) is 1.11. The quantitative estimate of drug-likeness (QED) is 0.771. The van der Waals surface area contributed by atoms with Crippen LogP contribution < -0.4 is 5.32 Å². The molecule has 152 valence electrons. The normalized spacial score (nSPS) is 20.8. The zero-order valence-electron chi connectivity index (χ0n) is 16.7. The van der Waals surface area contributed by atoms with E-state index in [2.05, 4.69) is 46.5 Å². The molecule has 2 aliphatic rings. The van der Waals surface area contributed by atoms with Gasteiger partial charge in [-0.25, -0.2) is 4.79 Å². The lowest BCUT2D eigenvalue weighted by molar-refractivity contribution is 0.0126. The number of nitrogens with zero attached hydrogens (tertiary/aromatic N) is 3. The van der Waals surface area contributed by atoms with Crippen LogP contribution in [-0.4, -0.2) is 85.8 Å². The van der Waals surface area contributed by atoms with Gasteiger partial charge in [0.1, 0.15) is 0 Å². The highest BCUT2D eigenvalue weighted by atomic mass is 32.1. The lowest BCUT2D eigenvalue weighted by Gasteiger charge is -2.37. The first-order valence-corrected chi connectivity index (χ1v) is 11.1. The van der Waals surface area contributed by atoms with Gasteiger partial charge in [0.2, 0.25) is 0 Å². The largest absolute Gasteiger partial charge is 0.379 e. The van der Waals surface area contributed by atoms with Crippen LogP contribution in [0.3, 0.4) is 0 Å². The smallest absolute Gasteiger partial charge is 0.317 e. The molecule has 7 heteroatoms. The number of carbonyl (C=O) groups is 1. The minimum atomic E-state index is 0.0905. The van der Waals surface area contributed by atoms with Crippen molar-refractivity contribution in [3.8, 4) is 0 Å². The van der Waals surface area contributed by atoms with E-state index in [-0.39, 0.29) is 6.03 Å². The number of amides is 2. The lowest BCUT2D eigenvalue weighted by Crippen LogP contribution is -2.54. The molecule has 0 spiro atoms. The number of urea groups is 1. The van der Waals surface area contributed by atoms with E-state index in [1.807, 2.05) is 4.90 Å². The molecule has 2 amide bonds. The van der Waals surface area contributed by atoms with E-state index in [1.54, 1.807) is 11.3 Å². The number of hydrogen-bond donors (Lipinski definition) is 1. The predicted molar refractivity (Wildman–Crippen MR) is 110 cm³/mol. The fraction of sp³-hybridized carbons (Fsp3) is 0.750. The lowest BCUT2D eigenvalue weighted by atomic mass is 10.0. The Morgan fingerprint density at radius 2 is 1.93 bits per heavy atom. The fourth-order valence-electron chi connectivity index (χ4n) is 3.90. The maximum Gasteiger partial charge on any atom is 0.317 e. The summed E-state index contributed by atoms with van der Waals surface area (Å²) in [5.41, 5.74) is 0. The van der Waals surface area contributed by atoms with Crippen molar-refractivity contribution in [2.45, 2.75) is 32.9 Å². The van der Waals surface area contributed by atoms with Gasteiger partial charge in [-0.2, -0.15) is 0 Å². The Hall–Kier alpha value is -1.15. The van der Waals surface area contributed by atoms with Crippen molar-refractivity contribution in [3.05, 3.63) is 22.4 Å². The molecule has 2 fully saturated rings. The van der Waals surface area contributed by atoms with Crippen molar-refractivity contribution in [2.24, 2.45) is 5.92 Å². The third-order valence-electron chi connectivity index (χ3n) is 5.41. The van der Waals surface area contributed by atoms with E-state index in [1.165, 1.54) is 4.88 Å². The maximum absolute atomic E-state index is 12.6. The summed E-state index contributed by atoms with van der Waals surface area (Å²) in [7, 11) is 0. The highest BCUT2D eigenvalue weighted by Gasteiger charge is 2.25. The van der Waals surface area contributed by atoms with Crippen LogP contribution in [0.25, 0.3) is 0 Å². The number of piperazine rings is 1. The summed E-state index contributed by atoms with van der Waals surface area (Å²) in [5.74, 6) is 0.621. The van der Waals surface area contributed by atoms with Gasteiger partial charge in [-0.3, -0.25) is 9.80 Å². The van der Waals surface area contributed by atoms with Crippen molar-refractivity contribution in [2.75, 3.05) is 59.0 Å². The van der Waals surface area contributed by atoms with Crippen molar-refractivity contribution in [1.82, 2.24) is 20.0 Å². The molecule has 0 radical (unpaired) electrons. The number of ether oxygens (including phenoxy) is 1. The Morgan fingerprint density at radius 3 is 2.56 bits per heavy atom. The minimum Gasteiger partial charge on any atom is -0.379 e. The monoisotopic (exact) mass is 394 g/mol. The molecule has 1 aromatic heterocycles. The van der Waals surface area contributed by atoms with Gasteiger partial charge in [0, 0.05) is 63.3 Å². The molecule has 27 heavy (non-hydrogen) atoms. The summed E-state index contributed by atoms with van der Waals surface area (Å²) in [6, 6.07) is 4.78. The molecule has 6 nitrogen and oxygen atoms in total. The van der Waals surface area contributed by atoms with E-state index in [0.29, 0.717) is 12.0 Å². The molecule has 0 bridgehead atoms. The Balaban J connectivity index is 1.42. The SMILES string of the molecule is CC(C)CC(CNC(=O)N1CCN(Cc2cccs2)CC1)N1CCOCC1. The summed E-state index contributed by atoms with van der Waals surface area (Å²) in [4.78, 5) is 20.9. The third-order valence-corrected chi connectivity index (χ3v) is 6.27. The second kappa shape index (κ2) is 10.4. The molecule has 3 heterocycles. The first-order chi connectivity index (χ1) is 13.1. The van der Waals surface area contributed by atoms with Crippen LogP contribution in [0.1, 0.15) is 25.1 Å². The van der Waals surface area contributed by atoms with Crippen LogP contribution in [0.5, 0.6) is 0 Å². The zero-order valence-corrected chi connectivity index (χ0v) is 17.5. The molecule has 2 saturated heterocycles. The van der Waals surface area contributed by atoms with Crippen molar-refractivity contribution in [1.29, 1.82) is 0 Å². The van der Waals surface area contributed by atoms with Gasteiger partial charge in [-0.05, 0) is 23.8 Å². The topological polar surface area (TPSA) is 48.1 Å². The number of morpholine rings is 1. The summed E-state index contributed by atoms with van der Waals surface area (Å²) in [5, 5.41) is 5.33. The van der Waals surface area contributed by atoms with Crippen LogP contribution in [0.2, 0.25) is 0 Å². The molecule has 3 rings (SSSR count). The average molecular weight is 395 g/mol. The van der Waals surface area contributed by atoms with E-state index >= 15 is 0 Å². The van der Waals surface area contributed by atoms with E-state index < -0.39 is 0 Å². The van der Waals surface area contributed by atoms with Gasteiger partial charge in [0.25, 0.3) is 0 Å². The average Bonchev–Trinajstić information content (AvgIpc) is 3.19. The molecule has 1 N–H and O–H groups in total. The number of rotatable bonds is 7. The molecule has 0 aliphatic carbocycles. The van der Waals surface area contributed by atoms with Crippen LogP contribution in [-0.2, 0) is 11.3 Å². The van der Waals surface area contributed by atoms with Gasteiger partial charge >= 0.3 is 6.03 Å². The Morgan fingerprint density at radius 1 is 1.19 bits per heavy atom. The number of nitrogens with one attached hydrogen (secondary N) is 1. The standard InChI is InChI=1S/C20H34N4O2S/c1-17(2)14-18(23-9-11-26-12-10-23)15-21-20(25)24-7-5-22(6-8-24)16-19-4-3-13-27-19/h3-4,13,17-18H,5-12,14-16H2,1-2H3,(H,21,25). The molecular weight excluding hydrogens is 360 g/mol. The zero-order chi connectivity index (χ0) is 19.1. The maximum atomic E-state index is 12.6. The van der Waals surface area contributed by atoms with E-state index in [9.17, 15) is 4.79 Å². The number of hydrogen-bond acceptors (Lipinski definition) is 5. The Kier molecular flexibility index (Phi) is 7.93. The summed E-state index contributed by atoms with van der Waals surface area (Å²) >= 11 is 1.81. The summed E-state index contributed by atoms with van der Waals surface area (Å²) in [6.45, 7) is 13.3. The van der Waals surface area contributed by atoms with Crippen LogP contribution in [0.4, 0.5) is 4.79 Å². The van der Waals surface area contributed by atoms with E-state index in [0.717, 1.165) is 72.0 Å². The molecule has 1 aromatic rings. The van der Waals surface area contributed by atoms with E-state index in [4.69, 9.17) is 4.74 Å². The fourth-order valence-corrected chi connectivity index (χ4v) is 4.64. The minimum absolute atomic E-state index is 0.0905. The predicted octanol–water partition coefficient (Wildman–Crippen LogP) is 2.32. The molecule has 0 saturated carbocycles. The molecule has 2 aliphatic heterocycles. The highest BCUT2D eigenvalue weighted by molar-refractivity contribution is 7.09. The van der Waals surface area contributed by atoms with Gasteiger partial charge < -0.3 is 15.0 Å². The Labute approximate surface area is 167 Å². The first kappa shape index (κ1) is 20.6.